The smallest absolute Gasteiger partial charge is 0.223 e. The molecule has 0 unspecified atom stereocenters. The topological polar surface area (TPSA) is 59.8 Å². The minimum Gasteiger partial charge on any atom is -0.352 e. The Morgan fingerprint density at radius 1 is 1.35 bits per heavy atom. The van der Waals surface area contributed by atoms with Crippen molar-refractivity contribution in [3.8, 4) is 0 Å². The summed E-state index contributed by atoms with van der Waals surface area (Å²) in [5.41, 5.74) is 2.05. The van der Waals surface area contributed by atoms with E-state index in [1.165, 1.54) is 0 Å². The van der Waals surface area contributed by atoms with Crippen LogP contribution in [0.3, 0.4) is 0 Å². The number of rotatable bonds is 4. The molecule has 1 aliphatic rings. The van der Waals surface area contributed by atoms with Crippen LogP contribution in [0.1, 0.15) is 30.1 Å². The number of carbonyl (C=O) groups excluding carboxylic acids is 1. The van der Waals surface area contributed by atoms with Crippen molar-refractivity contribution in [1.82, 2.24) is 20.3 Å². The van der Waals surface area contributed by atoms with Crippen molar-refractivity contribution in [1.29, 1.82) is 0 Å². The Balaban J connectivity index is 1.46. The van der Waals surface area contributed by atoms with Crippen LogP contribution in [0.15, 0.2) is 36.5 Å². The second-order valence-corrected chi connectivity index (χ2v) is 5.37. The molecule has 3 rings (SSSR count). The molecular weight excluding hydrogens is 252 g/mol. The Hall–Kier alpha value is -2.17. The molecule has 20 heavy (non-hydrogen) atoms. The molecule has 1 aromatic heterocycles. The van der Waals surface area contributed by atoms with Crippen molar-refractivity contribution in [2.45, 2.75) is 32.4 Å². The van der Waals surface area contributed by atoms with Gasteiger partial charge in [-0.15, -0.1) is 5.10 Å². The largest absolute Gasteiger partial charge is 0.352 e. The molecular formula is C15H18N4O. The number of hydrogen-bond acceptors (Lipinski definition) is 3. The first-order chi connectivity index (χ1) is 9.72. The number of nitrogens with one attached hydrogen (secondary N) is 1. The number of amides is 1. The molecule has 0 atom stereocenters. The van der Waals surface area contributed by atoms with Gasteiger partial charge in [0.2, 0.25) is 5.91 Å². The number of hydrogen-bond donors (Lipinski definition) is 1. The summed E-state index contributed by atoms with van der Waals surface area (Å²) in [6.07, 6.45) is 3.63. The predicted molar refractivity (Wildman–Crippen MR) is 74.8 cm³/mol. The highest BCUT2D eigenvalue weighted by molar-refractivity contribution is 5.79. The van der Waals surface area contributed by atoms with Crippen molar-refractivity contribution in [2.75, 3.05) is 0 Å². The van der Waals surface area contributed by atoms with Gasteiger partial charge >= 0.3 is 0 Å². The van der Waals surface area contributed by atoms with Crippen LogP contribution < -0.4 is 5.32 Å². The highest BCUT2D eigenvalue weighted by Crippen LogP contribution is 2.37. The minimum atomic E-state index is 0.105. The highest BCUT2D eigenvalue weighted by atomic mass is 16.1. The molecule has 1 N–H and O–H groups in total. The lowest BCUT2D eigenvalue weighted by atomic mass is 9.79. The molecule has 104 valence electrons. The molecule has 0 spiro atoms. The van der Waals surface area contributed by atoms with Crippen molar-refractivity contribution >= 4 is 5.91 Å². The van der Waals surface area contributed by atoms with Gasteiger partial charge in [-0.1, -0.05) is 35.5 Å². The molecule has 1 heterocycles. The van der Waals surface area contributed by atoms with E-state index in [0.717, 1.165) is 24.1 Å². The summed E-state index contributed by atoms with van der Waals surface area (Å²) in [5, 5.41) is 11.0. The number of nitrogens with zero attached hydrogens (tertiary/aromatic N) is 3. The van der Waals surface area contributed by atoms with E-state index < -0.39 is 0 Å². The summed E-state index contributed by atoms with van der Waals surface area (Å²) in [5.74, 6) is 0.246. The molecule has 2 aromatic rings. The van der Waals surface area contributed by atoms with Crippen molar-refractivity contribution in [3.63, 3.8) is 0 Å². The zero-order valence-corrected chi connectivity index (χ0v) is 11.5. The Bertz CT molecular complexity index is 587. The quantitative estimate of drug-likeness (QED) is 0.922. The summed E-state index contributed by atoms with van der Waals surface area (Å²) >= 11 is 0. The van der Waals surface area contributed by atoms with Gasteiger partial charge in [0.25, 0.3) is 0 Å². The number of aromatic nitrogens is 3. The fourth-order valence-electron chi connectivity index (χ4n) is 2.49. The second kappa shape index (κ2) is 5.45. The van der Waals surface area contributed by atoms with Crippen LogP contribution in [0.4, 0.5) is 0 Å². The molecule has 0 radical (unpaired) electrons. The van der Waals surface area contributed by atoms with Gasteiger partial charge in [-0.3, -0.25) is 4.79 Å². The first-order valence-corrected chi connectivity index (χ1v) is 6.92. The number of carbonyl (C=O) groups is 1. The number of benzene rings is 1. The van der Waals surface area contributed by atoms with E-state index in [-0.39, 0.29) is 11.8 Å². The Labute approximate surface area is 118 Å². The molecule has 0 aliphatic heterocycles. The standard InChI is InChI=1S/C15H18N4O/c1-11-10-19(18-17-11)14-7-13(8-14)15(20)16-9-12-5-3-2-4-6-12/h2-6,10,13-14H,7-9H2,1H3,(H,16,20). The summed E-state index contributed by atoms with van der Waals surface area (Å²) in [6.45, 7) is 2.52. The van der Waals surface area contributed by atoms with Gasteiger partial charge < -0.3 is 5.32 Å². The zero-order chi connectivity index (χ0) is 13.9. The normalized spacial score (nSPS) is 21.2. The van der Waals surface area contributed by atoms with E-state index in [2.05, 4.69) is 15.6 Å². The molecule has 1 fully saturated rings. The van der Waals surface area contributed by atoms with E-state index in [0.29, 0.717) is 12.6 Å². The molecule has 1 aliphatic carbocycles. The van der Waals surface area contributed by atoms with Crippen LogP contribution >= 0.6 is 0 Å². The summed E-state index contributed by atoms with van der Waals surface area (Å²) in [6, 6.07) is 10.3. The van der Waals surface area contributed by atoms with Crippen molar-refractivity contribution in [2.24, 2.45) is 5.92 Å². The summed E-state index contributed by atoms with van der Waals surface area (Å²) < 4.78 is 1.87. The summed E-state index contributed by atoms with van der Waals surface area (Å²) in [4.78, 5) is 12.0. The third-order valence-corrected chi connectivity index (χ3v) is 3.79. The van der Waals surface area contributed by atoms with Crippen molar-refractivity contribution < 1.29 is 4.79 Å². The van der Waals surface area contributed by atoms with Gasteiger partial charge in [-0.25, -0.2) is 4.68 Å². The minimum absolute atomic E-state index is 0.105. The molecule has 5 heteroatoms. The fraction of sp³-hybridized carbons (Fsp3) is 0.400. The average molecular weight is 270 g/mol. The lowest BCUT2D eigenvalue weighted by Crippen LogP contribution is -2.39. The zero-order valence-electron chi connectivity index (χ0n) is 11.5. The molecule has 0 saturated heterocycles. The van der Waals surface area contributed by atoms with E-state index in [4.69, 9.17) is 0 Å². The van der Waals surface area contributed by atoms with Gasteiger partial charge in [0.15, 0.2) is 0 Å². The second-order valence-electron chi connectivity index (χ2n) is 5.37. The first kappa shape index (κ1) is 12.8. The van der Waals surface area contributed by atoms with Gasteiger partial charge in [0.05, 0.1) is 11.7 Å². The predicted octanol–water partition coefficient (Wildman–Crippen LogP) is 1.85. The molecule has 1 amide bonds. The third kappa shape index (κ3) is 2.71. The average Bonchev–Trinajstić information content (AvgIpc) is 2.82. The maximum Gasteiger partial charge on any atom is 0.223 e. The monoisotopic (exact) mass is 270 g/mol. The SMILES string of the molecule is Cc1cn(C2CC(C(=O)NCc3ccccc3)C2)nn1. The van der Waals surface area contributed by atoms with Crippen LogP contribution in [0.2, 0.25) is 0 Å². The van der Waals surface area contributed by atoms with E-state index >= 15 is 0 Å². The van der Waals surface area contributed by atoms with Gasteiger partial charge in [-0.2, -0.15) is 0 Å². The summed E-state index contributed by atoms with van der Waals surface area (Å²) in [7, 11) is 0. The van der Waals surface area contributed by atoms with Crippen LogP contribution in [-0.4, -0.2) is 20.9 Å². The van der Waals surface area contributed by atoms with Crippen LogP contribution in [0.25, 0.3) is 0 Å². The lowest BCUT2D eigenvalue weighted by Gasteiger charge is -2.33. The third-order valence-electron chi connectivity index (χ3n) is 3.79. The number of aryl methyl sites for hydroxylation is 1. The van der Waals surface area contributed by atoms with Crippen molar-refractivity contribution in [3.05, 3.63) is 47.8 Å². The molecule has 5 nitrogen and oxygen atoms in total. The Morgan fingerprint density at radius 3 is 2.75 bits per heavy atom. The lowest BCUT2D eigenvalue weighted by molar-refractivity contribution is -0.129. The van der Waals surface area contributed by atoms with Crippen LogP contribution in [0.5, 0.6) is 0 Å². The van der Waals surface area contributed by atoms with E-state index in [9.17, 15) is 4.79 Å². The molecule has 1 saturated carbocycles. The van der Waals surface area contributed by atoms with Crippen LogP contribution in [-0.2, 0) is 11.3 Å². The van der Waals surface area contributed by atoms with E-state index in [1.807, 2.05) is 48.1 Å². The van der Waals surface area contributed by atoms with E-state index in [1.54, 1.807) is 0 Å². The first-order valence-electron chi connectivity index (χ1n) is 6.92. The van der Waals surface area contributed by atoms with Gasteiger partial charge in [-0.05, 0) is 25.3 Å². The Morgan fingerprint density at radius 2 is 2.10 bits per heavy atom. The maximum absolute atomic E-state index is 12.0. The fourth-order valence-corrected chi connectivity index (χ4v) is 2.49. The molecule has 1 aromatic carbocycles. The Kier molecular flexibility index (Phi) is 3.50. The highest BCUT2D eigenvalue weighted by Gasteiger charge is 2.36. The van der Waals surface area contributed by atoms with Gasteiger partial charge in [0.1, 0.15) is 0 Å². The maximum atomic E-state index is 12.0. The molecule has 0 bridgehead atoms. The van der Waals surface area contributed by atoms with Crippen LogP contribution in [0, 0.1) is 12.8 Å². The van der Waals surface area contributed by atoms with Gasteiger partial charge in [0, 0.05) is 18.7 Å².